The minimum Gasteiger partial charge on any atom is -0.368 e. The molecule has 16 heavy (non-hydrogen) atoms. The van der Waals surface area contributed by atoms with E-state index in [1.54, 1.807) is 6.92 Å². The Kier molecular flexibility index (Phi) is 4.30. The van der Waals surface area contributed by atoms with Crippen molar-refractivity contribution in [2.45, 2.75) is 32.5 Å². The highest BCUT2D eigenvalue weighted by Gasteiger charge is 2.37. The van der Waals surface area contributed by atoms with Gasteiger partial charge < -0.3 is 10.5 Å². The Morgan fingerprint density at radius 3 is 2.69 bits per heavy atom. The molecule has 7 heteroatoms. The number of nitrogens with one attached hydrogen (secondary N) is 1. The lowest BCUT2D eigenvalue weighted by Crippen LogP contribution is -2.58. The van der Waals surface area contributed by atoms with E-state index < -0.39 is 15.8 Å². The zero-order chi connectivity index (χ0) is 12.4. The smallest absolute Gasteiger partial charge is 0.279 e. The van der Waals surface area contributed by atoms with Crippen molar-refractivity contribution in [1.29, 1.82) is 0 Å². The van der Waals surface area contributed by atoms with E-state index in [2.05, 4.69) is 4.72 Å². The van der Waals surface area contributed by atoms with E-state index in [-0.39, 0.29) is 6.10 Å². The van der Waals surface area contributed by atoms with Crippen LogP contribution < -0.4 is 10.5 Å². The van der Waals surface area contributed by atoms with Gasteiger partial charge in [-0.05, 0) is 13.8 Å². The SMILES string of the molecule is CCNS(=O)(=O)N1CC(CN)OC(C)(C)C1. The molecule has 0 aromatic heterocycles. The third kappa shape index (κ3) is 3.39. The van der Waals surface area contributed by atoms with Crippen molar-refractivity contribution in [3.63, 3.8) is 0 Å². The summed E-state index contributed by atoms with van der Waals surface area (Å²) in [6.07, 6.45) is -0.239. The molecule has 0 aliphatic carbocycles. The summed E-state index contributed by atoms with van der Waals surface area (Å²) in [7, 11) is -3.40. The molecule has 0 radical (unpaired) electrons. The van der Waals surface area contributed by atoms with Crippen LogP contribution in [0.5, 0.6) is 0 Å². The van der Waals surface area contributed by atoms with Gasteiger partial charge in [0.1, 0.15) is 0 Å². The van der Waals surface area contributed by atoms with Gasteiger partial charge in [0, 0.05) is 26.2 Å². The Bertz CT molecular complexity index is 329. The van der Waals surface area contributed by atoms with Gasteiger partial charge in [0.2, 0.25) is 0 Å². The molecule has 1 unspecified atom stereocenters. The monoisotopic (exact) mass is 251 g/mol. The summed E-state index contributed by atoms with van der Waals surface area (Å²) < 4.78 is 33.3. The van der Waals surface area contributed by atoms with Gasteiger partial charge in [0.25, 0.3) is 10.2 Å². The van der Waals surface area contributed by atoms with Crippen LogP contribution in [0.15, 0.2) is 0 Å². The first kappa shape index (κ1) is 13.9. The Morgan fingerprint density at radius 1 is 1.56 bits per heavy atom. The van der Waals surface area contributed by atoms with Gasteiger partial charge in [-0.25, -0.2) is 4.72 Å². The summed E-state index contributed by atoms with van der Waals surface area (Å²) in [5.41, 5.74) is 5.04. The van der Waals surface area contributed by atoms with Crippen molar-refractivity contribution in [2.24, 2.45) is 5.73 Å². The van der Waals surface area contributed by atoms with Gasteiger partial charge in [-0.3, -0.25) is 0 Å². The molecule has 0 amide bonds. The third-order valence-corrected chi connectivity index (χ3v) is 3.99. The molecule has 1 rings (SSSR count). The lowest BCUT2D eigenvalue weighted by Gasteiger charge is -2.41. The first-order chi connectivity index (χ1) is 7.30. The largest absolute Gasteiger partial charge is 0.368 e. The molecule has 0 aromatic rings. The quantitative estimate of drug-likeness (QED) is 0.690. The van der Waals surface area contributed by atoms with Crippen molar-refractivity contribution in [3.05, 3.63) is 0 Å². The zero-order valence-corrected chi connectivity index (χ0v) is 10.9. The van der Waals surface area contributed by atoms with Crippen LogP contribution >= 0.6 is 0 Å². The van der Waals surface area contributed by atoms with Crippen molar-refractivity contribution in [3.8, 4) is 0 Å². The molecule has 0 bridgehead atoms. The fourth-order valence-corrected chi connectivity index (χ4v) is 3.21. The summed E-state index contributed by atoms with van der Waals surface area (Å²) in [6, 6.07) is 0. The minimum absolute atomic E-state index is 0.239. The predicted molar refractivity (Wildman–Crippen MR) is 62.2 cm³/mol. The van der Waals surface area contributed by atoms with Gasteiger partial charge in [-0.1, -0.05) is 6.92 Å². The molecular weight excluding hydrogens is 230 g/mol. The van der Waals surface area contributed by atoms with E-state index in [4.69, 9.17) is 10.5 Å². The van der Waals surface area contributed by atoms with Crippen molar-refractivity contribution < 1.29 is 13.2 Å². The molecule has 6 nitrogen and oxygen atoms in total. The number of nitrogens with two attached hydrogens (primary N) is 1. The molecule has 1 heterocycles. The number of rotatable bonds is 4. The molecular formula is C9H21N3O3S. The first-order valence-corrected chi connectivity index (χ1v) is 6.87. The van der Waals surface area contributed by atoms with Crippen LogP contribution in [-0.4, -0.2) is 50.6 Å². The summed E-state index contributed by atoms with van der Waals surface area (Å²) >= 11 is 0. The number of ether oxygens (including phenoxy) is 1. The minimum atomic E-state index is -3.40. The molecule has 0 aromatic carbocycles. The highest BCUT2D eigenvalue weighted by molar-refractivity contribution is 7.87. The van der Waals surface area contributed by atoms with E-state index >= 15 is 0 Å². The van der Waals surface area contributed by atoms with Crippen molar-refractivity contribution >= 4 is 10.2 Å². The molecule has 0 saturated carbocycles. The maximum atomic E-state index is 11.9. The topological polar surface area (TPSA) is 84.7 Å². The van der Waals surface area contributed by atoms with Crippen LogP contribution in [-0.2, 0) is 14.9 Å². The lowest BCUT2D eigenvalue weighted by atomic mass is 10.1. The molecule has 1 fully saturated rings. The number of morpholine rings is 1. The molecule has 0 spiro atoms. The molecule has 1 aliphatic rings. The van der Waals surface area contributed by atoms with Crippen LogP contribution in [0, 0.1) is 0 Å². The molecule has 3 N–H and O–H groups in total. The van der Waals surface area contributed by atoms with Gasteiger partial charge in [0.05, 0.1) is 11.7 Å². The molecule has 96 valence electrons. The second-order valence-electron chi connectivity index (χ2n) is 4.53. The van der Waals surface area contributed by atoms with Crippen LogP contribution in [0.4, 0.5) is 0 Å². The fourth-order valence-electron chi connectivity index (χ4n) is 1.82. The number of hydrogen-bond acceptors (Lipinski definition) is 4. The third-order valence-electron chi connectivity index (χ3n) is 2.38. The van der Waals surface area contributed by atoms with Crippen LogP contribution in [0.1, 0.15) is 20.8 Å². The fraction of sp³-hybridized carbons (Fsp3) is 1.00. The maximum absolute atomic E-state index is 11.9. The van der Waals surface area contributed by atoms with Crippen molar-refractivity contribution in [2.75, 3.05) is 26.2 Å². The molecule has 1 atom stereocenters. The normalized spacial score (nSPS) is 26.9. The summed E-state index contributed by atoms with van der Waals surface area (Å²) in [5.74, 6) is 0. The number of nitrogens with zero attached hydrogens (tertiary/aromatic N) is 1. The molecule has 1 aliphatic heterocycles. The summed E-state index contributed by atoms with van der Waals surface area (Å²) in [6.45, 7) is 6.85. The first-order valence-electron chi connectivity index (χ1n) is 5.43. The highest BCUT2D eigenvalue weighted by Crippen LogP contribution is 2.22. The van der Waals surface area contributed by atoms with E-state index in [0.29, 0.717) is 26.2 Å². The van der Waals surface area contributed by atoms with Gasteiger partial charge in [-0.2, -0.15) is 12.7 Å². The van der Waals surface area contributed by atoms with Gasteiger partial charge >= 0.3 is 0 Å². The zero-order valence-electron chi connectivity index (χ0n) is 10.1. The van der Waals surface area contributed by atoms with E-state index in [1.807, 2.05) is 13.8 Å². The average molecular weight is 251 g/mol. The Balaban J connectivity index is 2.81. The second kappa shape index (κ2) is 4.97. The van der Waals surface area contributed by atoms with Gasteiger partial charge in [-0.15, -0.1) is 0 Å². The lowest BCUT2D eigenvalue weighted by molar-refractivity contribution is -0.113. The van der Waals surface area contributed by atoms with Gasteiger partial charge in [0.15, 0.2) is 0 Å². The van der Waals surface area contributed by atoms with Crippen LogP contribution in [0.3, 0.4) is 0 Å². The summed E-state index contributed by atoms with van der Waals surface area (Å²) in [4.78, 5) is 0. The van der Waals surface area contributed by atoms with Crippen molar-refractivity contribution in [1.82, 2.24) is 9.03 Å². The van der Waals surface area contributed by atoms with E-state index in [9.17, 15) is 8.42 Å². The Labute approximate surface area is 97.3 Å². The van der Waals surface area contributed by atoms with E-state index in [1.165, 1.54) is 4.31 Å². The highest BCUT2D eigenvalue weighted by atomic mass is 32.2. The standard InChI is InChI=1S/C9H21N3O3S/c1-4-11-16(13,14)12-6-8(5-10)15-9(2,3)7-12/h8,11H,4-7,10H2,1-3H3. The summed E-state index contributed by atoms with van der Waals surface area (Å²) in [5, 5.41) is 0. The van der Waals surface area contributed by atoms with Crippen LogP contribution in [0.2, 0.25) is 0 Å². The molecule has 1 saturated heterocycles. The second-order valence-corrected chi connectivity index (χ2v) is 6.29. The van der Waals surface area contributed by atoms with Crippen LogP contribution in [0.25, 0.3) is 0 Å². The average Bonchev–Trinajstić information content (AvgIpc) is 2.15. The Morgan fingerprint density at radius 2 is 2.19 bits per heavy atom. The maximum Gasteiger partial charge on any atom is 0.279 e. The van der Waals surface area contributed by atoms with E-state index in [0.717, 1.165) is 0 Å². The Hall–Kier alpha value is -0.210. The predicted octanol–water partition coefficient (Wildman–Crippen LogP) is -0.721. The number of hydrogen-bond donors (Lipinski definition) is 2.